The summed E-state index contributed by atoms with van der Waals surface area (Å²) >= 11 is 0. The van der Waals surface area contributed by atoms with Crippen molar-refractivity contribution in [3.05, 3.63) is 36.0 Å². The SMILES string of the molecule is COCC(C)NC(=O)C(Cc1c[nH]c2ccccc12)NC(C)=O. The van der Waals surface area contributed by atoms with E-state index in [9.17, 15) is 9.59 Å². The van der Waals surface area contributed by atoms with Crippen molar-refractivity contribution < 1.29 is 14.3 Å². The third-order valence-corrected chi connectivity index (χ3v) is 3.60. The van der Waals surface area contributed by atoms with E-state index in [0.29, 0.717) is 13.0 Å². The first-order valence-corrected chi connectivity index (χ1v) is 7.62. The zero-order valence-electron chi connectivity index (χ0n) is 13.7. The lowest BCUT2D eigenvalue weighted by Crippen LogP contribution is -2.50. The molecule has 2 atom stereocenters. The number of benzene rings is 1. The number of aromatic amines is 1. The zero-order valence-corrected chi connectivity index (χ0v) is 13.7. The molecule has 0 fully saturated rings. The van der Waals surface area contributed by atoms with Crippen LogP contribution in [0.2, 0.25) is 0 Å². The van der Waals surface area contributed by atoms with Crippen molar-refractivity contribution in [3.8, 4) is 0 Å². The average molecular weight is 317 g/mol. The van der Waals surface area contributed by atoms with Crippen molar-refractivity contribution in [1.29, 1.82) is 0 Å². The van der Waals surface area contributed by atoms with E-state index in [1.54, 1.807) is 7.11 Å². The second-order valence-corrected chi connectivity index (χ2v) is 5.68. The summed E-state index contributed by atoms with van der Waals surface area (Å²) < 4.78 is 5.02. The molecule has 0 saturated carbocycles. The van der Waals surface area contributed by atoms with Crippen LogP contribution in [0.5, 0.6) is 0 Å². The second kappa shape index (κ2) is 7.78. The van der Waals surface area contributed by atoms with Crippen LogP contribution in [0.4, 0.5) is 0 Å². The Morgan fingerprint density at radius 2 is 2.00 bits per heavy atom. The van der Waals surface area contributed by atoms with Gasteiger partial charge in [-0.3, -0.25) is 9.59 Å². The molecule has 1 aromatic heterocycles. The maximum absolute atomic E-state index is 12.4. The van der Waals surface area contributed by atoms with Gasteiger partial charge in [-0.15, -0.1) is 0 Å². The highest BCUT2D eigenvalue weighted by molar-refractivity contribution is 5.89. The first-order valence-electron chi connectivity index (χ1n) is 7.62. The first kappa shape index (κ1) is 17.0. The highest BCUT2D eigenvalue weighted by atomic mass is 16.5. The van der Waals surface area contributed by atoms with Crippen molar-refractivity contribution in [2.75, 3.05) is 13.7 Å². The summed E-state index contributed by atoms with van der Waals surface area (Å²) in [5.41, 5.74) is 2.01. The molecule has 2 amide bonds. The Balaban J connectivity index is 2.15. The predicted molar refractivity (Wildman–Crippen MR) is 89.1 cm³/mol. The number of para-hydroxylation sites is 1. The van der Waals surface area contributed by atoms with E-state index >= 15 is 0 Å². The maximum atomic E-state index is 12.4. The lowest BCUT2D eigenvalue weighted by atomic mass is 10.0. The Hall–Kier alpha value is -2.34. The van der Waals surface area contributed by atoms with Gasteiger partial charge in [-0.1, -0.05) is 18.2 Å². The van der Waals surface area contributed by atoms with E-state index < -0.39 is 6.04 Å². The molecule has 0 aliphatic carbocycles. The Kier molecular flexibility index (Phi) is 5.76. The molecule has 6 heteroatoms. The number of carbonyl (C=O) groups is 2. The molecule has 2 rings (SSSR count). The number of ether oxygens (including phenoxy) is 1. The fourth-order valence-electron chi connectivity index (χ4n) is 2.61. The monoisotopic (exact) mass is 317 g/mol. The molecule has 2 unspecified atom stereocenters. The Morgan fingerprint density at radius 3 is 2.70 bits per heavy atom. The standard InChI is InChI=1S/C17H23N3O3/c1-11(10-23-3)19-17(22)16(20-12(2)21)8-13-9-18-15-7-5-4-6-14(13)15/h4-7,9,11,16,18H,8,10H2,1-3H3,(H,19,22)(H,20,21). The highest BCUT2D eigenvalue weighted by Crippen LogP contribution is 2.19. The van der Waals surface area contributed by atoms with Crippen LogP contribution in [0.3, 0.4) is 0 Å². The lowest BCUT2D eigenvalue weighted by molar-refractivity contribution is -0.128. The summed E-state index contributed by atoms with van der Waals surface area (Å²) in [7, 11) is 1.58. The molecule has 6 nitrogen and oxygen atoms in total. The smallest absolute Gasteiger partial charge is 0.243 e. The lowest BCUT2D eigenvalue weighted by Gasteiger charge is -2.20. The van der Waals surface area contributed by atoms with Gasteiger partial charge in [0.2, 0.25) is 11.8 Å². The fraction of sp³-hybridized carbons (Fsp3) is 0.412. The first-order chi connectivity index (χ1) is 11.0. The molecule has 2 aromatic rings. The van der Waals surface area contributed by atoms with Gasteiger partial charge >= 0.3 is 0 Å². The van der Waals surface area contributed by atoms with Crippen LogP contribution in [0.25, 0.3) is 10.9 Å². The van der Waals surface area contributed by atoms with Crippen molar-refractivity contribution >= 4 is 22.7 Å². The Bertz CT molecular complexity index is 681. The van der Waals surface area contributed by atoms with Gasteiger partial charge in [0.25, 0.3) is 0 Å². The van der Waals surface area contributed by atoms with Crippen molar-refractivity contribution in [2.45, 2.75) is 32.4 Å². The van der Waals surface area contributed by atoms with Gasteiger partial charge in [0.05, 0.1) is 6.61 Å². The molecule has 0 aliphatic rings. The molecular formula is C17H23N3O3. The molecule has 1 aromatic carbocycles. The number of H-pyrrole nitrogens is 1. The van der Waals surface area contributed by atoms with Gasteiger partial charge in [-0.05, 0) is 18.6 Å². The van der Waals surface area contributed by atoms with Gasteiger partial charge < -0.3 is 20.4 Å². The maximum Gasteiger partial charge on any atom is 0.243 e. The number of aromatic nitrogens is 1. The number of methoxy groups -OCH3 is 1. The summed E-state index contributed by atoms with van der Waals surface area (Å²) in [6.45, 7) is 3.69. The molecule has 3 N–H and O–H groups in total. The topological polar surface area (TPSA) is 83.2 Å². The third-order valence-electron chi connectivity index (χ3n) is 3.60. The van der Waals surface area contributed by atoms with Crippen LogP contribution < -0.4 is 10.6 Å². The van der Waals surface area contributed by atoms with E-state index in [1.807, 2.05) is 37.4 Å². The molecule has 0 aliphatic heterocycles. The summed E-state index contributed by atoms with van der Waals surface area (Å²) in [5.74, 6) is -0.445. The number of nitrogens with one attached hydrogen (secondary N) is 3. The molecule has 124 valence electrons. The van der Waals surface area contributed by atoms with E-state index in [1.165, 1.54) is 6.92 Å². The number of hydrogen-bond donors (Lipinski definition) is 3. The summed E-state index contributed by atoms with van der Waals surface area (Å²) in [5, 5.41) is 6.64. The van der Waals surface area contributed by atoms with Crippen LogP contribution in [0.15, 0.2) is 30.5 Å². The normalized spacial score (nSPS) is 13.5. The molecule has 0 saturated heterocycles. The summed E-state index contributed by atoms with van der Waals surface area (Å²) in [4.78, 5) is 27.1. The second-order valence-electron chi connectivity index (χ2n) is 5.68. The summed E-state index contributed by atoms with van der Waals surface area (Å²) in [6.07, 6.45) is 2.31. The number of rotatable bonds is 7. The van der Waals surface area contributed by atoms with Gasteiger partial charge in [-0.2, -0.15) is 0 Å². The van der Waals surface area contributed by atoms with Crippen LogP contribution >= 0.6 is 0 Å². The van der Waals surface area contributed by atoms with Gasteiger partial charge in [0, 0.05) is 43.6 Å². The molecule has 23 heavy (non-hydrogen) atoms. The quantitative estimate of drug-likeness (QED) is 0.721. The minimum absolute atomic E-state index is 0.119. The van der Waals surface area contributed by atoms with Crippen LogP contribution in [0.1, 0.15) is 19.4 Å². The number of fused-ring (bicyclic) bond motifs is 1. The van der Waals surface area contributed by atoms with E-state index in [2.05, 4.69) is 15.6 Å². The Labute approximate surface area is 135 Å². The predicted octanol–water partition coefficient (Wildman–Crippen LogP) is 1.37. The van der Waals surface area contributed by atoms with E-state index in [0.717, 1.165) is 16.5 Å². The molecule has 0 radical (unpaired) electrons. The average Bonchev–Trinajstić information content (AvgIpc) is 2.89. The molecule has 0 bridgehead atoms. The fourth-order valence-corrected chi connectivity index (χ4v) is 2.61. The van der Waals surface area contributed by atoms with Crippen LogP contribution in [0, 0.1) is 0 Å². The van der Waals surface area contributed by atoms with E-state index in [-0.39, 0.29) is 17.9 Å². The number of carbonyl (C=O) groups excluding carboxylic acids is 2. The van der Waals surface area contributed by atoms with Crippen LogP contribution in [-0.4, -0.2) is 42.6 Å². The Morgan fingerprint density at radius 1 is 1.26 bits per heavy atom. The van der Waals surface area contributed by atoms with Crippen LogP contribution in [-0.2, 0) is 20.7 Å². The number of amides is 2. The van der Waals surface area contributed by atoms with Crippen molar-refractivity contribution in [3.63, 3.8) is 0 Å². The zero-order chi connectivity index (χ0) is 16.8. The van der Waals surface area contributed by atoms with E-state index in [4.69, 9.17) is 4.74 Å². The molecule has 0 spiro atoms. The third kappa shape index (κ3) is 4.56. The highest BCUT2D eigenvalue weighted by Gasteiger charge is 2.22. The minimum atomic E-state index is -0.619. The number of hydrogen-bond acceptors (Lipinski definition) is 3. The van der Waals surface area contributed by atoms with Gasteiger partial charge in [0.15, 0.2) is 0 Å². The van der Waals surface area contributed by atoms with Crippen molar-refractivity contribution in [1.82, 2.24) is 15.6 Å². The van der Waals surface area contributed by atoms with Crippen molar-refractivity contribution in [2.24, 2.45) is 0 Å². The van der Waals surface area contributed by atoms with Gasteiger partial charge in [-0.25, -0.2) is 0 Å². The summed E-state index contributed by atoms with van der Waals surface area (Å²) in [6, 6.07) is 7.14. The van der Waals surface area contributed by atoms with Gasteiger partial charge in [0.1, 0.15) is 6.04 Å². The molecular weight excluding hydrogens is 294 g/mol. The molecule has 1 heterocycles. The largest absolute Gasteiger partial charge is 0.383 e. The minimum Gasteiger partial charge on any atom is -0.383 e.